The number of piperidine rings is 1. The van der Waals surface area contributed by atoms with E-state index in [1.54, 1.807) is 24.7 Å². The Labute approximate surface area is 177 Å². The minimum absolute atomic E-state index is 0.0650. The van der Waals surface area contributed by atoms with E-state index in [2.05, 4.69) is 30.5 Å². The van der Waals surface area contributed by atoms with Gasteiger partial charge in [-0.25, -0.2) is 14.4 Å². The third-order valence-corrected chi connectivity index (χ3v) is 5.78. The summed E-state index contributed by atoms with van der Waals surface area (Å²) in [5, 5.41) is 6.45. The van der Waals surface area contributed by atoms with E-state index in [-0.39, 0.29) is 12.6 Å². The van der Waals surface area contributed by atoms with Crippen LogP contribution in [0.25, 0.3) is 10.4 Å². The Hall–Kier alpha value is -3.11. The number of aromatic nitrogens is 3. The zero-order valence-corrected chi connectivity index (χ0v) is 17.0. The second kappa shape index (κ2) is 9.14. The molecule has 0 bridgehead atoms. The van der Waals surface area contributed by atoms with Crippen molar-refractivity contribution in [1.29, 1.82) is 0 Å². The van der Waals surface area contributed by atoms with Crippen LogP contribution in [0.4, 0.5) is 21.0 Å². The number of amides is 1. The number of nitrogens with one attached hydrogen (secondary N) is 2. The molecular weight excluding hydrogens is 405 g/mol. The van der Waals surface area contributed by atoms with Crippen LogP contribution in [0, 0.1) is 0 Å². The van der Waals surface area contributed by atoms with Crippen LogP contribution in [0.15, 0.2) is 43.0 Å². The first kappa shape index (κ1) is 20.2. The zero-order chi connectivity index (χ0) is 20.9. The van der Waals surface area contributed by atoms with Crippen LogP contribution in [-0.4, -0.2) is 46.8 Å². The number of rotatable bonds is 6. The monoisotopic (exact) mass is 427 g/mol. The molecule has 3 aromatic heterocycles. The van der Waals surface area contributed by atoms with Crippen LogP contribution in [0.1, 0.15) is 23.2 Å². The number of pyridine rings is 2. The average molecular weight is 428 g/mol. The van der Waals surface area contributed by atoms with Gasteiger partial charge in [0.2, 0.25) is 0 Å². The van der Waals surface area contributed by atoms with E-state index in [4.69, 9.17) is 5.73 Å². The van der Waals surface area contributed by atoms with E-state index >= 15 is 0 Å². The maximum atomic E-state index is 13.4. The molecule has 30 heavy (non-hydrogen) atoms. The Bertz CT molecular complexity index is 1020. The summed E-state index contributed by atoms with van der Waals surface area (Å²) in [6.07, 6.45) is 7.04. The number of carbonyl (C=O) groups is 1. The molecule has 0 aromatic carbocycles. The van der Waals surface area contributed by atoms with Gasteiger partial charge in [0.25, 0.3) is 5.91 Å². The van der Waals surface area contributed by atoms with Crippen molar-refractivity contribution in [3.63, 3.8) is 0 Å². The highest BCUT2D eigenvalue weighted by Gasteiger charge is 2.19. The van der Waals surface area contributed by atoms with E-state index in [1.807, 2.05) is 12.1 Å². The van der Waals surface area contributed by atoms with Crippen LogP contribution in [0.2, 0.25) is 0 Å². The van der Waals surface area contributed by atoms with Crippen LogP contribution >= 0.6 is 11.3 Å². The van der Waals surface area contributed by atoms with Gasteiger partial charge in [0.1, 0.15) is 12.0 Å². The number of anilines is 3. The van der Waals surface area contributed by atoms with Gasteiger partial charge < -0.3 is 21.3 Å². The first-order valence-corrected chi connectivity index (χ1v) is 10.5. The molecule has 0 atom stereocenters. The van der Waals surface area contributed by atoms with Gasteiger partial charge in [0.05, 0.1) is 17.1 Å². The minimum Gasteiger partial charge on any atom is -0.371 e. The Morgan fingerprint density at radius 1 is 1.23 bits per heavy atom. The Balaban J connectivity index is 1.47. The van der Waals surface area contributed by atoms with Gasteiger partial charge in [0, 0.05) is 55.2 Å². The normalized spacial score (nSPS) is 14.5. The molecule has 4 rings (SSSR count). The van der Waals surface area contributed by atoms with E-state index in [9.17, 15) is 9.18 Å². The smallest absolute Gasteiger partial charge is 0.253 e. The number of hydrogen-bond acceptors (Lipinski definition) is 8. The maximum Gasteiger partial charge on any atom is 0.253 e. The summed E-state index contributed by atoms with van der Waals surface area (Å²) in [6, 6.07) is 5.63. The third-order valence-electron chi connectivity index (χ3n) is 4.82. The summed E-state index contributed by atoms with van der Waals surface area (Å²) in [6.45, 7) is 1.47. The lowest BCUT2D eigenvalue weighted by molar-refractivity contribution is 0.0954. The topological polar surface area (TPSA) is 109 Å². The van der Waals surface area contributed by atoms with Crippen molar-refractivity contribution >= 4 is 33.9 Å². The average Bonchev–Trinajstić information content (AvgIpc) is 3.23. The molecular formula is C20H22FN7OS. The minimum atomic E-state index is -0.705. The van der Waals surface area contributed by atoms with Gasteiger partial charge in [-0.2, -0.15) is 0 Å². The van der Waals surface area contributed by atoms with Crippen LogP contribution < -0.4 is 21.3 Å². The van der Waals surface area contributed by atoms with Crippen molar-refractivity contribution in [2.24, 2.45) is 5.73 Å². The van der Waals surface area contributed by atoms with Crippen molar-refractivity contribution < 1.29 is 9.18 Å². The highest BCUT2D eigenvalue weighted by Crippen LogP contribution is 2.31. The lowest BCUT2D eigenvalue weighted by Crippen LogP contribution is -2.34. The molecule has 4 heterocycles. The Kier molecular flexibility index (Phi) is 6.15. The van der Waals surface area contributed by atoms with Crippen molar-refractivity contribution in [1.82, 2.24) is 20.3 Å². The molecule has 1 fully saturated rings. The summed E-state index contributed by atoms with van der Waals surface area (Å²) in [7, 11) is 0. The number of hydrogen-bond donors (Lipinski definition) is 3. The van der Waals surface area contributed by atoms with Gasteiger partial charge in [-0.1, -0.05) is 11.3 Å². The van der Waals surface area contributed by atoms with E-state index in [0.29, 0.717) is 42.4 Å². The molecule has 0 saturated carbocycles. The van der Waals surface area contributed by atoms with Gasteiger partial charge in [-0.3, -0.25) is 9.78 Å². The number of alkyl halides is 1. The summed E-state index contributed by atoms with van der Waals surface area (Å²) in [4.78, 5) is 27.9. The quantitative estimate of drug-likeness (QED) is 0.519. The van der Waals surface area contributed by atoms with Gasteiger partial charge in [-0.15, -0.1) is 0 Å². The van der Waals surface area contributed by atoms with Crippen LogP contribution in [0.3, 0.4) is 0 Å². The van der Waals surface area contributed by atoms with Gasteiger partial charge >= 0.3 is 0 Å². The fourth-order valence-corrected chi connectivity index (χ4v) is 4.06. The predicted molar refractivity (Wildman–Crippen MR) is 116 cm³/mol. The van der Waals surface area contributed by atoms with Gasteiger partial charge in [-0.05, 0) is 25.0 Å². The molecule has 4 N–H and O–H groups in total. The van der Waals surface area contributed by atoms with E-state index < -0.39 is 6.17 Å². The lowest BCUT2D eigenvalue weighted by Gasteiger charge is -2.30. The van der Waals surface area contributed by atoms with E-state index in [0.717, 1.165) is 16.1 Å². The third kappa shape index (κ3) is 4.71. The summed E-state index contributed by atoms with van der Waals surface area (Å²) in [5.41, 5.74) is 7.61. The first-order chi connectivity index (χ1) is 14.6. The molecule has 0 radical (unpaired) electrons. The molecule has 0 aliphatic carbocycles. The molecule has 1 amide bonds. The van der Waals surface area contributed by atoms with Crippen LogP contribution in [0.5, 0.6) is 0 Å². The summed E-state index contributed by atoms with van der Waals surface area (Å²) < 4.78 is 13.4. The largest absolute Gasteiger partial charge is 0.371 e. The first-order valence-electron chi connectivity index (χ1n) is 9.64. The summed E-state index contributed by atoms with van der Waals surface area (Å²) >= 11 is 1.43. The van der Waals surface area contributed by atoms with E-state index in [1.165, 1.54) is 17.5 Å². The number of halogens is 1. The summed E-state index contributed by atoms with van der Waals surface area (Å²) in [5.74, 6) is 0.400. The molecule has 0 spiro atoms. The lowest BCUT2D eigenvalue weighted by atomic mass is 10.1. The molecule has 156 valence electrons. The standard InChI is InChI=1S/C20H22FN7OS/c21-15-2-5-28(6-3-15)16-1-4-24-18(8-16)27-20-25-11-17(30-20)13-7-14(10-23-9-13)19(29)26-12-22/h1,4,7-11,15H,2-3,5-6,12,22H2,(H,26,29)(H,24,25,27). The second-order valence-electron chi connectivity index (χ2n) is 6.89. The Morgan fingerprint density at radius 2 is 2.07 bits per heavy atom. The molecule has 1 saturated heterocycles. The predicted octanol–water partition coefficient (Wildman–Crippen LogP) is 2.93. The number of carbonyl (C=O) groups excluding carboxylic acids is 1. The SMILES string of the molecule is NCNC(=O)c1cncc(-c2cnc(Nc3cc(N4CCC(F)CC4)ccn3)s2)c1. The highest BCUT2D eigenvalue weighted by molar-refractivity contribution is 7.18. The van der Waals surface area contributed by atoms with Crippen molar-refractivity contribution in [3.05, 3.63) is 48.5 Å². The molecule has 8 nitrogen and oxygen atoms in total. The maximum absolute atomic E-state index is 13.4. The zero-order valence-electron chi connectivity index (χ0n) is 16.2. The number of nitrogens with zero attached hydrogens (tertiary/aromatic N) is 4. The van der Waals surface area contributed by atoms with Gasteiger partial charge in [0.15, 0.2) is 5.13 Å². The molecule has 3 aromatic rings. The molecule has 1 aliphatic heterocycles. The molecule has 10 heteroatoms. The number of thiazole rings is 1. The number of nitrogens with two attached hydrogens (primary N) is 1. The van der Waals surface area contributed by atoms with Crippen LogP contribution in [-0.2, 0) is 0 Å². The molecule has 1 aliphatic rings. The fraction of sp³-hybridized carbons (Fsp3) is 0.300. The Morgan fingerprint density at radius 3 is 2.87 bits per heavy atom. The van der Waals surface area contributed by atoms with Crippen molar-refractivity contribution in [2.75, 3.05) is 30.0 Å². The fourth-order valence-electron chi connectivity index (χ4n) is 3.26. The second-order valence-corrected chi connectivity index (χ2v) is 7.92. The highest BCUT2D eigenvalue weighted by atomic mass is 32.1. The molecule has 0 unspecified atom stereocenters. The van der Waals surface area contributed by atoms with Crippen molar-refractivity contribution in [3.8, 4) is 10.4 Å². The van der Waals surface area contributed by atoms with Crippen molar-refractivity contribution in [2.45, 2.75) is 19.0 Å².